The summed E-state index contributed by atoms with van der Waals surface area (Å²) in [5, 5.41) is 0. The second kappa shape index (κ2) is 3.53. The molecule has 1 heterocycles. The first-order valence-electron chi connectivity index (χ1n) is 5.77. The molecular weight excluding hydrogens is 202 g/mol. The number of hydrogen-bond donors (Lipinski definition) is 1. The Labute approximate surface area is 95.4 Å². The van der Waals surface area contributed by atoms with Crippen molar-refractivity contribution in [1.29, 1.82) is 0 Å². The second-order valence-corrected chi connectivity index (χ2v) is 6.03. The van der Waals surface area contributed by atoms with Crippen LogP contribution in [0, 0.1) is 0 Å². The van der Waals surface area contributed by atoms with Crippen LogP contribution in [0.3, 0.4) is 0 Å². The summed E-state index contributed by atoms with van der Waals surface area (Å²) in [4.78, 5) is 1.48. The van der Waals surface area contributed by atoms with Crippen molar-refractivity contribution in [2.45, 2.75) is 42.0 Å². The van der Waals surface area contributed by atoms with Crippen molar-refractivity contribution < 1.29 is 0 Å². The van der Waals surface area contributed by atoms with Crippen LogP contribution in [0.1, 0.15) is 37.2 Å². The normalized spacial score (nSPS) is 27.1. The molecule has 80 valence electrons. The molecule has 0 amide bonds. The van der Waals surface area contributed by atoms with Gasteiger partial charge >= 0.3 is 0 Å². The Balaban J connectivity index is 1.79. The van der Waals surface area contributed by atoms with Gasteiger partial charge in [-0.05, 0) is 43.2 Å². The van der Waals surface area contributed by atoms with Gasteiger partial charge in [-0.15, -0.1) is 11.8 Å². The van der Waals surface area contributed by atoms with Crippen molar-refractivity contribution in [2.75, 3.05) is 5.75 Å². The van der Waals surface area contributed by atoms with Crippen LogP contribution in [-0.4, -0.2) is 11.3 Å². The standard InChI is InChI=1S/C13H17NS/c14-13(6-3-7-13)8-10-9-15-12-5-2-1-4-11(10)12/h1-2,4-5,10H,3,6-9,14H2. The van der Waals surface area contributed by atoms with Crippen molar-refractivity contribution in [1.82, 2.24) is 0 Å². The summed E-state index contributed by atoms with van der Waals surface area (Å²) >= 11 is 2.00. The van der Waals surface area contributed by atoms with Gasteiger partial charge in [0.25, 0.3) is 0 Å². The molecule has 1 fully saturated rings. The molecule has 0 spiro atoms. The molecule has 3 rings (SSSR count). The molecule has 1 saturated carbocycles. The molecule has 0 aromatic heterocycles. The minimum Gasteiger partial charge on any atom is -0.325 e. The van der Waals surface area contributed by atoms with Gasteiger partial charge in [-0.2, -0.15) is 0 Å². The Morgan fingerprint density at radius 1 is 1.33 bits per heavy atom. The predicted molar refractivity (Wildman–Crippen MR) is 65.3 cm³/mol. The quantitative estimate of drug-likeness (QED) is 0.827. The summed E-state index contributed by atoms with van der Waals surface area (Å²) in [6, 6.07) is 8.81. The van der Waals surface area contributed by atoms with Gasteiger partial charge in [0, 0.05) is 16.2 Å². The molecule has 1 aliphatic heterocycles. The molecule has 0 bridgehead atoms. The minimum atomic E-state index is 0.169. The van der Waals surface area contributed by atoms with Crippen LogP contribution in [0.25, 0.3) is 0 Å². The van der Waals surface area contributed by atoms with Crippen LogP contribution in [0.5, 0.6) is 0 Å². The maximum absolute atomic E-state index is 6.33. The lowest BCUT2D eigenvalue weighted by atomic mass is 9.71. The number of rotatable bonds is 2. The van der Waals surface area contributed by atoms with E-state index in [0.717, 1.165) is 0 Å². The number of fused-ring (bicyclic) bond motifs is 1. The fourth-order valence-electron chi connectivity index (χ4n) is 2.72. The Hall–Kier alpha value is -0.470. The van der Waals surface area contributed by atoms with Crippen LogP contribution < -0.4 is 5.73 Å². The van der Waals surface area contributed by atoms with Crippen LogP contribution in [0.4, 0.5) is 0 Å². The summed E-state index contributed by atoms with van der Waals surface area (Å²) in [6.07, 6.45) is 4.99. The summed E-state index contributed by atoms with van der Waals surface area (Å²) in [7, 11) is 0. The molecular formula is C13H17NS. The van der Waals surface area contributed by atoms with E-state index in [4.69, 9.17) is 5.73 Å². The number of benzene rings is 1. The van der Waals surface area contributed by atoms with E-state index in [2.05, 4.69) is 24.3 Å². The molecule has 1 atom stereocenters. The van der Waals surface area contributed by atoms with E-state index in [9.17, 15) is 0 Å². The van der Waals surface area contributed by atoms with Crippen molar-refractivity contribution in [3.8, 4) is 0 Å². The SMILES string of the molecule is NC1(CC2CSc3ccccc32)CCC1. The van der Waals surface area contributed by atoms with Gasteiger partial charge in [-0.3, -0.25) is 0 Å². The molecule has 1 aromatic carbocycles. The summed E-state index contributed by atoms with van der Waals surface area (Å²) in [5.41, 5.74) is 8.04. The largest absolute Gasteiger partial charge is 0.325 e. The van der Waals surface area contributed by atoms with E-state index < -0.39 is 0 Å². The first-order valence-corrected chi connectivity index (χ1v) is 6.76. The second-order valence-electron chi connectivity index (χ2n) is 4.97. The Morgan fingerprint density at radius 3 is 2.87 bits per heavy atom. The van der Waals surface area contributed by atoms with Gasteiger partial charge < -0.3 is 5.73 Å². The van der Waals surface area contributed by atoms with Crippen molar-refractivity contribution in [3.05, 3.63) is 29.8 Å². The maximum Gasteiger partial charge on any atom is 0.0160 e. The molecule has 0 saturated heterocycles. The third-order valence-electron chi connectivity index (χ3n) is 3.80. The zero-order valence-corrected chi connectivity index (χ0v) is 9.72. The van der Waals surface area contributed by atoms with Crippen LogP contribution in [-0.2, 0) is 0 Å². The average molecular weight is 219 g/mol. The van der Waals surface area contributed by atoms with Crippen molar-refractivity contribution in [3.63, 3.8) is 0 Å². The van der Waals surface area contributed by atoms with Gasteiger partial charge in [0.2, 0.25) is 0 Å². The van der Waals surface area contributed by atoms with Gasteiger partial charge in [0.15, 0.2) is 0 Å². The fraction of sp³-hybridized carbons (Fsp3) is 0.538. The molecule has 1 unspecified atom stereocenters. The smallest absolute Gasteiger partial charge is 0.0160 e. The zero-order chi connectivity index (χ0) is 10.3. The molecule has 2 heteroatoms. The number of hydrogen-bond acceptors (Lipinski definition) is 2. The Morgan fingerprint density at radius 2 is 2.13 bits per heavy atom. The molecule has 1 aromatic rings. The van der Waals surface area contributed by atoms with E-state index in [-0.39, 0.29) is 5.54 Å². The molecule has 2 aliphatic rings. The minimum absolute atomic E-state index is 0.169. The average Bonchev–Trinajstić information content (AvgIpc) is 2.60. The number of nitrogens with two attached hydrogens (primary N) is 1. The highest BCUT2D eigenvalue weighted by Gasteiger charge is 2.37. The van der Waals surface area contributed by atoms with Gasteiger partial charge in [-0.25, -0.2) is 0 Å². The van der Waals surface area contributed by atoms with Crippen LogP contribution in [0.2, 0.25) is 0 Å². The summed E-state index contributed by atoms with van der Waals surface area (Å²) < 4.78 is 0. The van der Waals surface area contributed by atoms with Crippen molar-refractivity contribution >= 4 is 11.8 Å². The predicted octanol–water partition coefficient (Wildman–Crippen LogP) is 3.15. The monoisotopic (exact) mass is 219 g/mol. The van der Waals surface area contributed by atoms with Crippen molar-refractivity contribution in [2.24, 2.45) is 5.73 Å². The highest BCUT2D eigenvalue weighted by molar-refractivity contribution is 7.99. The lowest BCUT2D eigenvalue weighted by Crippen LogP contribution is -2.47. The lowest BCUT2D eigenvalue weighted by Gasteiger charge is -2.40. The summed E-state index contributed by atoms with van der Waals surface area (Å²) in [5.74, 6) is 1.94. The first-order chi connectivity index (χ1) is 7.27. The highest BCUT2D eigenvalue weighted by Crippen LogP contribution is 2.46. The third-order valence-corrected chi connectivity index (χ3v) is 5.05. The highest BCUT2D eigenvalue weighted by atomic mass is 32.2. The Kier molecular flexibility index (Phi) is 2.29. The van der Waals surface area contributed by atoms with E-state index in [1.807, 2.05) is 11.8 Å². The molecule has 1 aliphatic carbocycles. The number of thioether (sulfide) groups is 1. The molecule has 1 nitrogen and oxygen atoms in total. The molecule has 0 radical (unpaired) electrons. The molecule has 2 N–H and O–H groups in total. The van der Waals surface area contributed by atoms with Gasteiger partial charge in [0.05, 0.1) is 0 Å². The van der Waals surface area contributed by atoms with E-state index in [1.165, 1.54) is 36.3 Å². The lowest BCUT2D eigenvalue weighted by molar-refractivity contribution is 0.220. The van der Waals surface area contributed by atoms with Gasteiger partial charge in [0.1, 0.15) is 0 Å². The van der Waals surface area contributed by atoms with E-state index >= 15 is 0 Å². The first kappa shape index (κ1) is 9.73. The summed E-state index contributed by atoms with van der Waals surface area (Å²) in [6.45, 7) is 0. The van der Waals surface area contributed by atoms with Gasteiger partial charge in [-0.1, -0.05) is 18.2 Å². The van der Waals surface area contributed by atoms with Crippen LogP contribution >= 0.6 is 11.8 Å². The fourth-order valence-corrected chi connectivity index (χ4v) is 3.98. The topological polar surface area (TPSA) is 26.0 Å². The maximum atomic E-state index is 6.33. The van der Waals surface area contributed by atoms with E-state index in [1.54, 1.807) is 5.56 Å². The van der Waals surface area contributed by atoms with Crippen LogP contribution in [0.15, 0.2) is 29.2 Å². The Bertz CT molecular complexity index is 371. The van der Waals surface area contributed by atoms with E-state index in [0.29, 0.717) is 5.92 Å². The molecule has 15 heavy (non-hydrogen) atoms. The third kappa shape index (κ3) is 1.70. The zero-order valence-electron chi connectivity index (χ0n) is 8.91.